The Labute approximate surface area is 169 Å². The highest BCUT2D eigenvalue weighted by molar-refractivity contribution is 5.89. The number of fused-ring (bicyclic) bond motifs is 1. The number of nitrogens with one attached hydrogen (secondary N) is 1. The minimum absolute atomic E-state index is 0.0970. The van der Waals surface area contributed by atoms with E-state index in [1.807, 2.05) is 12.1 Å². The summed E-state index contributed by atoms with van der Waals surface area (Å²) in [6.07, 6.45) is 1.61. The van der Waals surface area contributed by atoms with Crippen LogP contribution in [-0.4, -0.2) is 52.9 Å². The zero-order valence-electron chi connectivity index (χ0n) is 16.4. The molecule has 7 nitrogen and oxygen atoms in total. The zero-order valence-corrected chi connectivity index (χ0v) is 16.4. The van der Waals surface area contributed by atoms with Crippen molar-refractivity contribution in [3.05, 3.63) is 66.1 Å². The van der Waals surface area contributed by atoms with E-state index in [-0.39, 0.29) is 18.2 Å². The largest absolute Gasteiger partial charge is 0.364 e. The fraction of sp³-hybridized carbons (Fsp3) is 0.318. The molecule has 1 atom stereocenters. The molecule has 1 aromatic heterocycles. The van der Waals surface area contributed by atoms with E-state index in [2.05, 4.69) is 45.7 Å². The Balaban J connectivity index is 1.46. The molecule has 1 saturated heterocycles. The zero-order chi connectivity index (χ0) is 20.2. The summed E-state index contributed by atoms with van der Waals surface area (Å²) < 4.78 is 4.82. The summed E-state index contributed by atoms with van der Waals surface area (Å²) in [5, 5.41) is 9.09. The quantitative estimate of drug-likeness (QED) is 0.696. The third-order valence-corrected chi connectivity index (χ3v) is 5.33. The standard InChI is InChI=1S/C22H24N4O3/c1-25(15-19-8-11-29-24-19)21(27)13-20-22(28)23-9-10-26(20)14-16-6-7-17-4-2-3-5-18(17)12-16/h2-8,11-12,20H,9-10,13-15H2,1H3,(H,23,28). The van der Waals surface area contributed by atoms with Gasteiger partial charge in [0.2, 0.25) is 11.8 Å². The van der Waals surface area contributed by atoms with Gasteiger partial charge < -0.3 is 14.7 Å². The average molecular weight is 392 g/mol. The summed E-state index contributed by atoms with van der Waals surface area (Å²) in [4.78, 5) is 28.9. The second-order valence-electron chi connectivity index (χ2n) is 7.40. The van der Waals surface area contributed by atoms with Gasteiger partial charge in [0, 0.05) is 32.7 Å². The average Bonchev–Trinajstić information content (AvgIpc) is 3.23. The van der Waals surface area contributed by atoms with E-state index in [0.29, 0.717) is 31.9 Å². The number of hydrogen-bond donors (Lipinski definition) is 1. The van der Waals surface area contributed by atoms with Crippen LogP contribution in [0.2, 0.25) is 0 Å². The van der Waals surface area contributed by atoms with E-state index in [4.69, 9.17) is 4.52 Å². The van der Waals surface area contributed by atoms with Crippen molar-refractivity contribution in [2.75, 3.05) is 20.1 Å². The third-order valence-electron chi connectivity index (χ3n) is 5.33. The van der Waals surface area contributed by atoms with E-state index >= 15 is 0 Å². The topological polar surface area (TPSA) is 78.7 Å². The molecule has 2 heterocycles. The summed E-state index contributed by atoms with van der Waals surface area (Å²) in [5.41, 5.74) is 1.81. The third kappa shape index (κ3) is 4.46. The molecule has 1 aliphatic rings. The molecular formula is C22H24N4O3. The molecule has 0 bridgehead atoms. The van der Waals surface area contributed by atoms with Gasteiger partial charge in [0.25, 0.3) is 0 Å². The maximum absolute atomic E-state index is 12.7. The first-order valence-corrected chi connectivity index (χ1v) is 9.73. The number of rotatable bonds is 6. The van der Waals surface area contributed by atoms with Gasteiger partial charge in [-0.1, -0.05) is 41.6 Å². The van der Waals surface area contributed by atoms with Crippen LogP contribution in [-0.2, 0) is 22.7 Å². The second kappa shape index (κ2) is 8.45. The van der Waals surface area contributed by atoms with Crippen LogP contribution in [0, 0.1) is 0 Å². The second-order valence-corrected chi connectivity index (χ2v) is 7.40. The lowest BCUT2D eigenvalue weighted by Crippen LogP contribution is -2.56. The minimum atomic E-state index is -0.484. The van der Waals surface area contributed by atoms with Crippen molar-refractivity contribution < 1.29 is 14.1 Å². The van der Waals surface area contributed by atoms with E-state index in [1.165, 1.54) is 17.0 Å². The van der Waals surface area contributed by atoms with Gasteiger partial charge in [0.1, 0.15) is 12.0 Å². The van der Waals surface area contributed by atoms with E-state index < -0.39 is 6.04 Å². The number of nitrogens with zero attached hydrogens (tertiary/aromatic N) is 3. The van der Waals surface area contributed by atoms with Crippen LogP contribution < -0.4 is 5.32 Å². The van der Waals surface area contributed by atoms with Crippen molar-refractivity contribution in [3.8, 4) is 0 Å². The van der Waals surface area contributed by atoms with Gasteiger partial charge in [-0.15, -0.1) is 0 Å². The van der Waals surface area contributed by atoms with Gasteiger partial charge >= 0.3 is 0 Å². The maximum atomic E-state index is 12.7. The molecule has 3 aromatic rings. The lowest BCUT2D eigenvalue weighted by Gasteiger charge is -2.35. The highest BCUT2D eigenvalue weighted by atomic mass is 16.5. The number of benzene rings is 2. The van der Waals surface area contributed by atoms with Crippen molar-refractivity contribution >= 4 is 22.6 Å². The van der Waals surface area contributed by atoms with Crippen LogP contribution in [0.5, 0.6) is 0 Å². The normalized spacial score (nSPS) is 17.3. The molecule has 0 spiro atoms. The number of piperazine rings is 1. The molecular weight excluding hydrogens is 368 g/mol. The first-order valence-electron chi connectivity index (χ1n) is 9.73. The molecule has 0 radical (unpaired) electrons. The van der Waals surface area contributed by atoms with Crippen LogP contribution in [0.25, 0.3) is 10.8 Å². The fourth-order valence-corrected chi connectivity index (χ4v) is 3.72. The number of aromatic nitrogens is 1. The molecule has 4 rings (SSSR count). The molecule has 2 amide bonds. The Morgan fingerprint density at radius 2 is 2.07 bits per heavy atom. The van der Waals surface area contributed by atoms with Crippen molar-refractivity contribution in [1.82, 2.24) is 20.3 Å². The summed E-state index contributed by atoms with van der Waals surface area (Å²) in [6.45, 7) is 2.28. The monoisotopic (exact) mass is 392 g/mol. The molecule has 1 aliphatic heterocycles. The first kappa shape index (κ1) is 19.1. The Bertz CT molecular complexity index is 1000. The van der Waals surface area contributed by atoms with Crippen LogP contribution in [0.15, 0.2) is 59.3 Å². The molecule has 0 saturated carbocycles. The summed E-state index contributed by atoms with van der Waals surface area (Å²) in [7, 11) is 1.71. The molecule has 29 heavy (non-hydrogen) atoms. The van der Waals surface area contributed by atoms with E-state index in [1.54, 1.807) is 18.0 Å². The lowest BCUT2D eigenvalue weighted by atomic mass is 10.0. The predicted octanol–water partition coefficient (Wildman–Crippen LogP) is 2.18. The van der Waals surface area contributed by atoms with Gasteiger partial charge in [-0.2, -0.15) is 0 Å². The highest BCUT2D eigenvalue weighted by Crippen LogP contribution is 2.20. The minimum Gasteiger partial charge on any atom is -0.364 e. The van der Waals surface area contributed by atoms with Gasteiger partial charge in [-0.25, -0.2) is 0 Å². The molecule has 150 valence electrons. The SMILES string of the molecule is CN(Cc1ccon1)C(=O)CC1C(=O)NCCN1Cc1ccc2ccccc2c1. The lowest BCUT2D eigenvalue weighted by molar-refractivity contribution is -0.138. The summed E-state index contributed by atoms with van der Waals surface area (Å²) in [6, 6.07) is 15.8. The van der Waals surface area contributed by atoms with Crippen molar-refractivity contribution in [2.45, 2.75) is 25.6 Å². The summed E-state index contributed by atoms with van der Waals surface area (Å²) in [5.74, 6) is -0.196. The Morgan fingerprint density at radius 3 is 2.86 bits per heavy atom. The molecule has 7 heteroatoms. The number of hydrogen-bond acceptors (Lipinski definition) is 5. The number of carbonyl (C=O) groups is 2. The van der Waals surface area contributed by atoms with Crippen molar-refractivity contribution in [1.29, 1.82) is 0 Å². The highest BCUT2D eigenvalue weighted by Gasteiger charge is 2.32. The van der Waals surface area contributed by atoms with Crippen molar-refractivity contribution in [2.24, 2.45) is 0 Å². The Kier molecular flexibility index (Phi) is 5.57. The Morgan fingerprint density at radius 1 is 1.24 bits per heavy atom. The summed E-state index contributed by atoms with van der Waals surface area (Å²) >= 11 is 0. The van der Waals surface area contributed by atoms with Gasteiger partial charge in [-0.3, -0.25) is 14.5 Å². The molecule has 1 fully saturated rings. The van der Waals surface area contributed by atoms with Crippen LogP contribution in [0.1, 0.15) is 17.7 Å². The fourth-order valence-electron chi connectivity index (χ4n) is 3.72. The maximum Gasteiger partial charge on any atom is 0.237 e. The van der Waals surface area contributed by atoms with Crippen LogP contribution in [0.3, 0.4) is 0 Å². The van der Waals surface area contributed by atoms with Gasteiger partial charge in [0.05, 0.1) is 19.0 Å². The van der Waals surface area contributed by atoms with Gasteiger partial charge in [0.15, 0.2) is 0 Å². The van der Waals surface area contributed by atoms with E-state index in [9.17, 15) is 9.59 Å². The van der Waals surface area contributed by atoms with E-state index in [0.717, 1.165) is 5.56 Å². The molecule has 0 aliphatic carbocycles. The Hall–Kier alpha value is -3.19. The van der Waals surface area contributed by atoms with Crippen molar-refractivity contribution in [3.63, 3.8) is 0 Å². The molecule has 2 aromatic carbocycles. The number of amides is 2. The number of carbonyl (C=O) groups excluding carboxylic acids is 2. The van der Waals surface area contributed by atoms with Crippen LogP contribution in [0.4, 0.5) is 0 Å². The predicted molar refractivity (Wildman–Crippen MR) is 109 cm³/mol. The van der Waals surface area contributed by atoms with Gasteiger partial charge in [-0.05, 0) is 22.4 Å². The molecule has 1 N–H and O–H groups in total. The molecule has 1 unspecified atom stereocenters. The first-order chi connectivity index (χ1) is 14.1. The van der Waals surface area contributed by atoms with Crippen LogP contribution >= 0.6 is 0 Å². The smallest absolute Gasteiger partial charge is 0.237 e.